The minimum Gasteiger partial charge on any atom is -0.319 e. The molecular weight excluding hydrogens is 297 g/mol. The fourth-order valence-electron chi connectivity index (χ4n) is 3.30. The zero-order valence-electron chi connectivity index (χ0n) is 11.7. The van der Waals surface area contributed by atoms with Gasteiger partial charge in [-0.15, -0.1) is 0 Å². The monoisotopic (exact) mass is 312 g/mol. The Kier molecular flexibility index (Phi) is 3.38. The van der Waals surface area contributed by atoms with Crippen molar-refractivity contribution in [3.05, 3.63) is 35.4 Å². The van der Waals surface area contributed by atoms with Gasteiger partial charge in [-0.3, -0.25) is 9.69 Å². The molecule has 1 aromatic rings. The molecule has 118 valence electrons. The number of nitrogens with zero attached hydrogens (tertiary/aromatic N) is 1. The van der Waals surface area contributed by atoms with Gasteiger partial charge in [0.2, 0.25) is 0 Å². The van der Waals surface area contributed by atoms with E-state index in [0.717, 1.165) is 18.4 Å². The molecule has 1 aromatic carbocycles. The number of carbonyl (C=O) groups is 2. The van der Waals surface area contributed by atoms with E-state index in [1.807, 2.05) is 12.1 Å². The van der Waals surface area contributed by atoms with Crippen molar-refractivity contribution in [1.82, 2.24) is 10.2 Å². The molecule has 1 fully saturated rings. The van der Waals surface area contributed by atoms with Crippen molar-refractivity contribution in [3.8, 4) is 0 Å². The third-order valence-electron chi connectivity index (χ3n) is 4.24. The Balaban J connectivity index is 2.04. The average molecular weight is 312 g/mol. The number of aryl methyl sites for hydroxylation is 1. The number of carbonyl (C=O) groups excluding carboxylic acids is 2. The summed E-state index contributed by atoms with van der Waals surface area (Å²) < 4.78 is 37.8. The summed E-state index contributed by atoms with van der Waals surface area (Å²) >= 11 is 0. The number of rotatable bonds is 1. The number of hydrogen-bond acceptors (Lipinski definition) is 2. The number of fused-ring (bicyclic) bond motifs is 2. The number of urea groups is 1. The van der Waals surface area contributed by atoms with Crippen LogP contribution in [-0.2, 0) is 16.8 Å². The van der Waals surface area contributed by atoms with E-state index in [4.69, 9.17) is 0 Å². The van der Waals surface area contributed by atoms with Crippen LogP contribution in [0.1, 0.15) is 30.4 Å². The van der Waals surface area contributed by atoms with Crippen molar-refractivity contribution in [2.24, 2.45) is 0 Å². The minimum atomic E-state index is -4.61. The molecule has 3 rings (SSSR count). The van der Waals surface area contributed by atoms with Gasteiger partial charge in [0.1, 0.15) is 12.1 Å². The Morgan fingerprint density at radius 2 is 1.91 bits per heavy atom. The number of nitrogens with one attached hydrogen (secondary N) is 1. The van der Waals surface area contributed by atoms with Gasteiger partial charge in [0.05, 0.1) is 0 Å². The highest BCUT2D eigenvalue weighted by atomic mass is 19.4. The quantitative estimate of drug-likeness (QED) is 0.811. The zero-order valence-corrected chi connectivity index (χ0v) is 11.7. The Morgan fingerprint density at radius 1 is 1.18 bits per heavy atom. The van der Waals surface area contributed by atoms with Crippen LogP contribution >= 0.6 is 0 Å². The number of amides is 3. The van der Waals surface area contributed by atoms with Crippen molar-refractivity contribution >= 4 is 11.9 Å². The molecule has 1 aliphatic carbocycles. The van der Waals surface area contributed by atoms with Crippen LogP contribution in [0.5, 0.6) is 0 Å². The molecule has 1 atom stereocenters. The van der Waals surface area contributed by atoms with E-state index in [0.29, 0.717) is 18.4 Å². The summed E-state index contributed by atoms with van der Waals surface area (Å²) in [6.07, 6.45) is -2.03. The first-order valence-electron chi connectivity index (χ1n) is 7.13. The third-order valence-corrected chi connectivity index (χ3v) is 4.24. The van der Waals surface area contributed by atoms with E-state index in [-0.39, 0.29) is 4.90 Å². The number of benzene rings is 1. The number of halogens is 3. The predicted octanol–water partition coefficient (Wildman–Crippen LogP) is 2.72. The Labute approximate surface area is 125 Å². The van der Waals surface area contributed by atoms with E-state index in [1.165, 1.54) is 0 Å². The summed E-state index contributed by atoms with van der Waals surface area (Å²) in [6.45, 7) is -1.55. The second kappa shape index (κ2) is 5.00. The van der Waals surface area contributed by atoms with Crippen LogP contribution in [0, 0.1) is 0 Å². The highest BCUT2D eigenvalue weighted by Crippen LogP contribution is 2.39. The lowest BCUT2D eigenvalue weighted by Gasteiger charge is -2.27. The lowest BCUT2D eigenvalue weighted by Crippen LogP contribution is -2.45. The average Bonchev–Trinajstić information content (AvgIpc) is 2.62. The van der Waals surface area contributed by atoms with E-state index >= 15 is 0 Å². The standard InChI is InChI=1S/C15H15F3N2O2/c16-15(17,18)9-20-12(21)14(19-13(20)22)8-4-3-6-10-5-1-2-7-11(10)14/h1-2,5,7H,3-4,6,8-9H2,(H,19,22). The van der Waals surface area contributed by atoms with Crippen molar-refractivity contribution in [3.63, 3.8) is 0 Å². The lowest BCUT2D eigenvalue weighted by molar-refractivity contribution is -0.155. The fourth-order valence-corrected chi connectivity index (χ4v) is 3.30. The van der Waals surface area contributed by atoms with Crippen molar-refractivity contribution in [1.29, 1.82) is 0 Å². The molecule has 0 bridgehead atoms. The molecule has 4 nitrogen and oxygen atoms in total. The van der Waals surface area contributed by atoms with Crippen LogP contribution < -0.4 is 5.32 Å². The summed E-state index contributed by atoms with van der Waals surface area (Å²) in [5.74, 6) is -0.802. The van der Waals surface area contributed by atoms with Gasteiger partial charge < -0.3 is 5.32 Å². The Bertz CT molecular complexity index is 629. The maximum Gasteiger partial charge on any atom is 0.406 e. The van der Waals surface area contributed by atoms with Gasteiger partial charge in [0.15, 0.2) is 0 Å². The number of alkyl halides is 3. The maximum absolute atomic E-state index is 12.6. The SMILES string of the molecule is O=C1NC2(CCCCc3ccccc32)C(=O)N1CC(F)(F)F. The zero-order chi connectivity index (χ0) is 16.0. The first kappa shape index (κ1) is 14.9. The van der Waals surface area contributed by atoms with Gasteiger partial charge in [-0.1, -0.05) is 24.3 Å². The predicted molar refractivity (Wildman–Crippen MR) is 72.0 cm³/mol. The molecule has 1 aliphatic heterocycles. The van der Waals surface area contributed by atoms with Gasteiger partial charge in [-0.05, 0) is 36.8 Å². The van der Waals surface area contributed by atoms with Gasteiger partial charge in [-0.2, -0.15) is 13.2 Å². The lowest BCUT2D eigenvalue weighted by atomic mass is 9.84. The molecule has 0 saturated carbocycles. The molecule has 1 N–H and O–H groups in total. The molecule has 0 aromatic heterocycles. The van der Waals surface area contributed by atoms with E-state index < -0.39 is 30.2 Å². The summed E-state index contributed by atoms with van der Waals surface area (Å²) in [5, 5.41) is 2.53. The van der Waals surface area contributed by atoms with Crippen molar-refractivity contribution in [2.45, 2.75) is 37.4 Å². The summed E-state index contributed by atoms with van der Waals surface area (Å²) in [6, 6.07) is 6.16. The van der Waals surface area contributed by atoms with E-state index in [2.05, 4.69) is 5.32 Å². The Morgan fingerprint density at radius 3 is 2.64 bits per heavy atom. The largest absolute Gasteiger partial charge is 0.406 e. The number of imide groups is 1. The molecule has 7 heteroatoms. The van der Waals surface area contributed by atoms with Crippen LogP contribution in [0.3, 0.4) is 0 Å². The number of hydrogen-bond donors (Lipinski definition) is 1. The molecule has 22 heavy (non-hydrogen) atoms. The first-order chi connectivity index (χ1) is 10.3. The normalized spacial score (nSPS) is 25.1. The van der Waals surface area contributed by atoms with Crippen LogP contribution in [0.2, 0.25) is 0 Å². The smallest absolute Gasteiger partial charge is 0.319 e. The molecule has 1 spiro atoms. The van der Waals surface area contributed by atoms with Crippen LogP contribution in [0.25, 0.3) is 0 Å². The summed E-state index contributed by atoms with van der Waals surface area (Å²) in [4.78, 5) is 24.9. The third kappa shape index (κ3) is 2.34. The summed E-state index contributed by atoms with van der Waals surface area (Å²) in [5.41, 5.74) is 0.174. The Hall–Kier alpha value is -2.05. The maximum atomic E-state index is 12.6. The first-order valence-corrected chi connectivity index (χ1v) is 7.13. The summed E-state index contributed by atoms with van der Waals surface area (Å²) in [7, 11) is 0. The second-order valence-corrected chi connectivity index (χ2v) is 5.71. The second-order valence-electron chi connectivity index (χ2n) is 5.71. The highest BCUT2D eigenvalue weighted by Gasteiger charge is 2.55. The molecule has 1 unspecified atom stereocenters. The van der Waals surface area contributed by atoms with Crippen LogP contribution in [0.4, 0.5) is 18.0 Å². The fraction of sp³-hybridized carbons (Fsp3) is 0.467. The molecule has 0 radical (unpaired) electrons. The molecule has 1 heterocycles. The van der Waals surface area contributed by atoms with Gasteiger partial charge in [0, 0.05) is 0 Å². The molecule has 1 saturated heterocycles. The van der Waals surface area contributed by atoms with Gasteiger partial charge in [0.25, 0.3) is 5.91 Å². The van der Waals surface area contributed by atoms with Gasteiger partial charge in [-0.25, -0.2) is 4.79 Å². The van der Waals surface area contributed by atoms with Crippen LogP contribution in [0.15, 0.2) is 24.3 Å². The van der Waals surface area contributed by atoms with E-state index in [1.54, 1.807) is 12.1 Å². The van der Waals surface area contributed by atoms with Crippen LogP contribution in [-0.4, -0.2) is 29.6 Å². The van der Waals surface area contributed by atoms with E-state index in [9.17, 15) is 22.8 Å². The van der Waals surface area contributed by atoms with Crippen molar-refractivity contribution in [2.75, 3.05) is 6.54 Å². The van der Waals surface area contributed by atoms with Gasteiger partial charge >= 0.3 is 12.2 Å². The van der Waals surface area contributed by atoms with Crippen molar-refractivity contribution < 1.29 is 22.8 Å². The molecular formula is C15H15F3N2O2. The molecule has 2 aliphatic rings. The molecule has 3 amide bonds. The topological polar surface area (TPSA) is 49.4 Å². The minimum absolute atomic E-state index is 0.280. The highest BCUT2D eigenvalue weighted by molar-refractivity contribution is 6.07.